The predicted octanol–water partition coefficient (Wildman–Crippen LogP) is 3.91. The van der Waals surface area contributed by atoms with Crippen LogP contribution in [0.2, 0.25) is 0 Å². The third-order valence-electron chi connectivity index (χ3n) is 2.81. The molecule has 0 aliphatic heterocycles. The summed E-state index contributed by atoms with van der Waals surface area (Å²) in [6, 6.07) is 4.81. The highest BCUT2D eigenvalue weighted by Crippen LogP contribution is 2.16. The second-order valence-electron chi connectivity index (χ2n) is 4.87. The zero-order valence-corrected chi connectivity index (χ0v) is 17.4. The lowest BCUT2D eigenvalue weighted by atomic mass is 10.2. The minimum Gasteiger partial charge on any atom is -0.357 e. The Labute approximate surface area is 154 Å². The van der Waals surface area contributed by atoms with Gasteiger partial charge in [-0.05, 0) is 51.3 Å². The molecule has 0 amide bonds. The molecular formula is C15H28IN3S2. The van der Waals surface area contributed by atoms with Crippen molar-refractivity contribution < 1.29 is 0 Å². The number of halogens is 1. The fourth-order valence-electron chi connectivity index (χ4n) is 1.90. The van der Waals surface area contributed by atoms with E-state index >= 15 is 0 Å². The maximum absolute atomic E-state index is 4.62. The summed E-state index contributed by atoms with van der Waals surface area (Å²) in [5.74, 6) is 2.11. The Hall–Kier alpha value is 0.0500. The molecule has 0 aliphatic rings. The number of hydrogen-bond acceptors (Lipinski definition) is 3. The third kappa shape index (κ3) is 9.63. The van der Waals surface area contributed by atoms with E-state index in [1.807, 2.05) is 23.1 Å². The largest absolute Gasteiger partial charge is 0.357 e. The molecule has 1 atom stereocenters. The normalized spacial score (nSPS) is 12.7. The number of nitrogens with zero attached hydrogens (tertiary/aromatic N) is 1. The van der Waals surface area contributed by atoms with Crippen LogP contribution < -0.4 is 10.6 Å². The van der Waals surface area contributed by atoms with Crippen LogP contribution in [-0.2, 0) is 6.42 Å². The molecule has 1 unspecified atom stereocenters. The van der Waals surface area contributed by atoms with Crippen LogP contribution >= 0.6 is 47.1 Å². The summed E-state index contributed by atoms with van der Waals surface area (Å²) in [5, 5.41) is 6.81. The molecule has 2 N–H and O–H groups in total. The monoisotopic (exact) mass is 441 g/mol. The van der Waals surface area contributed by atoms with Crippen molar-refractivity contribution >= 4 is 53.0 Å². The first kappa shape index (κ1) is 21.0. The molecule has 1 aromatic rings. The van der Waals surface area contributed by atoms with E-state index in [2.05, 4.69) is 54.8 Å². The molecule has 0 radical (unpaired) electrons. The Balaban J connectivity index is 0.00000400. The van der Waals surface area contributed by atoms with Crippen molar-refractivity contribution in [2.45, 2.75) is 39.7 Å². The molecule has 0 bridgehead atoms. The van der Waals surface area contributed by atoms with Crippen LogP contribution in [0.5, 0.6) is 0 Å². The van der Waals surface area contributed by atoms with Crippen molar-refractivity contribution in [3.63, 3.8) is 0 Å². The molecule has 122 valence electrons. The number of guanidine groups is 1. The molecule has 0 saturated carbocycles. The molecular weight excluding hydrogens is 413 g/mol. The van der Waals surface area contributed by atoms with Crippen LogP contribution in [-0.4, -0.2) is 37.1 Å². The summed E-state index contributed by atoms with van der Waals surface area (Å²) in [6.45, 7) is 8.26. The van der Waals surface area contributed by atoms with E-state index in [9.17, 15) is 0 Å². The van der Waals surface area contributed by atoms with Gasteiger partial charge in [-0.1, -0.05) is 0 Å². The highest BCUT2D eigenvalue weighted by atomic mass is 127. The molecule has 0 spiro atoms. The van der Waals surface area contributed by atoms with Gasteiger partial charge in [0.05, 0.1) is 0 Å². The molecule has 0 saturated heterocycles. The minimum atomic E-state index is 0. The molecule has 21 heavy (non-hydrogen) atoms. The molecule has 0 aliphatic carbocycles. The average Bonchev–Trinajstić information content (AvgIpc) is 2.80. The van der Waals surface area contributed by atoms with Crippen LogP contribution in [0.3, 0.4) is 0 Å². The molecule has 3 nitrogen and oxygen atoms in total. The van der Waals surface area contributed by atoms with Crippen molar-refractivity contribution in [1.29, 1.82) is 0 Å². The molecule has 6 heteroatoms. The lowest BCUT2D eigenvalue weighted by molar-refractivity contribution is 0.645. The Morgan fingerprint density at radius 3 is 2.76 bits per heavy atom. The van der Waals surface area contributed by atoms with E-state index in [4.69, 9.17) is 0 Å². The van der Waals surface area contributed by atoms with Crippen LogP contribution in [0.4, 0.5) is 0 Å². The Morgan fingerprint density at radius 2 is 2.19 bits per heavy atom. The SMILES string of the molecule is CCNC(=NCCCSC)NC(C)Cc1ccc(C)s1.I. The second kappa shape index (κ2) is 12.6. The van der Waals surface area contributed by atoms with Gasteiger partial charge in [-0.25, -0.2) is 0 Å². The van der Waals surface area contributed by atoms with Gasteiger partial charge in [0.15, 0.2) is 5.96 Å². The Bertz CT molecular complexity index is 407. The molecule has 1 rings (SSSR count). The van der Waals surface area contributed by atoms with Gasteiger partial charge in [0.2, 0.25) is 0 Å². The number of thiophene rings is 1. The van der Waals surface area contributed by atoms with Crippen LogP contribution in [0, 0.1) is 6.92 Å². The first-order valence-corrected chi connectivity index (χ1v) is 9.45. The quantitative estimate of drug-likeness (QED) is 0.278. The molecule has 1 heterocycles. The highest BCUT2D eigenvalue weighted by molar-refractivity contribution is 14.0. The summed E-state index contributed by atoms with van der Waals surface area (Å²) >= 11 is 3.75. The zero-order valence-electron chi connectivity index (χ0n) is 13.4. The number of nitrogens with one attached hydrogen (secondary N) is 2. The summed E-state index contributed by atoms with van der Waals surface area (Å²) in [6.07, 6.45) is 4.32. The van der Waals surface area contributed by atoms with E-state index in [1.165, 1.54) is 15.5 Å². The van der Waals surface area contributed by atoms with Gasteiger partial charge in [0.25, 0.3) is 0 Å². The fraction of sp³-hybridized carbons (Fsp3) is 0.667. The number of rotatable bonds is 8. The van der Waals surface area contributed by atoms with Crippen molar-refractivity contribution in [2.24, 2.45) is 4.99 Å². The van der Waals surface area contributed by atoms with Crippen molar-refractivity contribution in [3.8, 4) is 0 Å². The topological polar surface area (TPSA) is 36.4 Å². The number of hydrogen-bond donors (Lipinski definition) is 2. The molecule has 1 aromatic heterocycles. The third-order valence-corrected chi connectivity index (χ3v) is 4.53. The number of aryl methyl sites for hydroxylation is 1. The second-order valence-corrected chi connectivity index (χ2v) is 7.23. The van der Waals surface area contributed by atoms with Gasteiger partial charge in [0, 0.05) is 35.3 Å². The average molecular weight is 441 g/mol. The van der Waals surface area contributed by atoms with E-state index in [1.54, 1.807) is 0 Å². The number of thioether (sulfide) groups is 1. The minimum absolute atomic E-state index is 0. The van der Waals surface area contributed by atoms with Gasteiger partial charge >= 0.3 is 0 Å². The summed E-state index contributed by atoms with van der Waals surface area (Å²) in [7, 11) is 0. The van der Waals surface area contributed by atoms with Crippen LogP contribution in [0.15, 0.2) is 17.1 Å². The Morgan fingerprint density at radius 1 is 1.43 bits per heavy atom. The maximum Gasteiger partial charge on any atom is 0.191 e. The first-order valence-electron chi connectivity index (χ1n) is 7.24. The van der Waals surface area contributed by atoms with Crippen LogP contribution in [0.1, 0.15) is 30.0 Å². The summed E-state index contributed by atoms with van der Waals surface area (Å²) < 4.78 is 0. The van der Waals surface area contributed by atoms with Crippen molar-refractivity contribution in [3.05, 3.63) is 21.9 Å². The molecule has 0 aromatic carbocycles. The van der Waals surface area contributed by atoms with Gasteiger partial charge in [0.1, 0.15) is 0 Å². The zero-order chi connectivity index (χ0) is 14.8. The standard InChI is InChI=1S/C15H27N3S2.HI/c1-5-16-15(17-9-6-10-19-4)18-12(2)11-14-8-7-13(3)20-14;/h7-8,12H,5-6,9-11H2,1-4H3,(H2,16,17,18);1H. The summed E-state index contributed by atoms with van der Waals surface area (Å²) in [4.78, 5) is 7.43. The predicted molar refractivity (Wildman–Crippen MR) is 110 cm³/mol. The smallest absolute Gasteiger partial charge is 0.191 e. The fourth-order valence-corrected chi connectivity index (χ4v) is 3.34. The van der Waals surface area contributed by atoms with E-state index in [0.29, 0.717) is 6.04 Å². The van der Waals surface area contributed by atoms with Gasteiger partial charge in [-0.2, -0.15) is 11.8 Å². The van der Waals surface area contributed by atoms with E-state index in [0.717, 1.165) is 31.9 Å². The van der Waals surface area contributed by atoms with Crippen molar-refractivity contribution in [2.75, 3.05) is 25.1 Å². The lowest BCUT2D eigenvalue weighted by Crippen LogP contribution is -2.43. The lowest BCUT2D eigenvalue weighted by Gasteiger charge is -2.17. The Kier molecular flexibility index (Phi) is 12.6. The maximum atomic E-state index is 4.62. The number of aliphatic imine (C=N–C) groups is 1. The van der Waals surface area contributed by atoms with Crippen LogP contribution in [0.25, 0.3) is 0 Å². The molecule has 0 fully saturated rings. The van der Waals surface area contributed by atoms with E-state index < -0.39 is 0 Å². The first-order chi connectivity index (χ1) is 9.65. The van der Waals surface area contributed by atoms with Gasteiger partial charge < -0.3 is 10.6 Å². The van der Waals surface area contributed by atoms with Gasteiger partial charge in [-0.15, -0.1) is 35.3 Å². The summed E-state index contributed by atoms with van der Waals surface area (Å²) in [5.41, 5.74) is 0. The highest BCUT2D eigenvalue weighted by Gasteiger charge is 2.07. The van der Waals surface area contributed by atoms with Crippen molar-refractivity contribution in [1.82, 2.24) is 10.6 Å². The van der Waals surface area contributed by atoms with E-state index in [-0.39, 0.29) is 24.0 Å². The van der Waals surface area contributed by atoms with Gasteiger partial charge in [-0.3, -0.25) is 4.99 Å².